The van der Waals surface area contributed by atoms with Gasteiger partial charge in [0.25, 0.3) is 0 Å². The predicted molar refractivity (Wildman–Crippen MR) is 95.4 cm³/mol. The van der Waals surface area contributed by atoms with Gasteiger partial charge in [0.1, 0.15) is 0 Å². The molecule has 0 saturated carbocycles. The SMILES string of the molecule is CCC(C)CN(CC)c1ccc(Cl)cc1CNC(C)(C)C. The van der Waals surface area contributed by atoms with E-state index < -0.39 is 0 Å². The molecular weight excluding hydrogens is 280 g/mol. The minimum atomic E-state index is 0.105. The first-order chi connectivity index (χ1) is 9.76. The van der Waals surface area contributed by atoms with Gasteiger partial charge in [-0.3, -0.25) is 0 Å². The number of nitrogens with zero attached hydrogens (tertiary/aromatic N) is 1. The minimum Gasteiger partial charge on any atom is -0.371 e. The number of halogens is 1. The van der Waals surface area contributed by atoms with Crippen molar-refractivity contribution in [3.05, 3.63) is 28.8 Å². The van der Waals surface area contributed by atoms with Crippen LogP contribution in [-0.4, -0.2) is 18.6 Å². The first-order valence-corrected chi connectivity index (χ1v) is 8.43. The molecule has 0 aliphatic carbocycles. The molecule has 1 atom stereocenters. The molecule has 0 radical (unpaired) electrons. The summed E-state index contributed by atoms with van der Waals surface area (Å²) in [6.07, 6.45) is 1.21. The van der Waals surface area contributed by atoms with E-state index in [0.29, 0.717) is 5.92 Å². The van der Waals surface area contributed by atoms with Crippen molar-refractivity contribution >= 4 is 17.3 Å². The first kappa shape index (κ1) is 18.3. The van der Waals surface area contributed by atoms with E-state index in [1.54, 1.807) is 0 Å². The number of hydrogen-bond acceptors (Lipinski definition) is 2. The van der Waals surface area contributed by atoms with E-state index >= 15 is 0 Å². The second kappa shape index (κ2) is 8.05. The van der Waals surface area contributed by atoms with E-state index in [0.717, 1.165) is 24.7 Å². The standard InChI is InChI=1S/C18H31ClN2/c1-7-14(3)13-21(8-2)17-10-9-16(19)11-15(17)12-20-18(4,5)6/h9-11,14,20H,7-8,12-13H2,1-6H3. The fraction of sp³-hybridized carbons (Fsp3) is 0.667. The van der Waals surface area contributed by atoms with Crippen LogP contribution < -0.4 is 10.2 Å². The van der Waals surface area contributed by atoms with Crippen molar-refractivity contribution in [1.29, 1.82) is 0 Å². The van der Waals surface area contributed by atoms with Gasteiger partial charge in [-0.1, -0.05) is 31.9 Å². The molecule has 0 aliphatic rings. The zero-order valence-electron chi connectivity index (χ0n) is 14.5. The molecule has 1 rings (SSSR count). The Hall–Kier alpha value is -0.730. The van der Waals surface area contributed by atoms with Gasteiger partial charge in [-0.2, -0.15) is 0 Å². The lowest BCUT2D eigenvalue weighted by atomic mass is 10.0. The second-order valence-electron chi connectivity index (χ2n) is 6.93. The highest BCUT2D eigenvalue weighted by molar-refractivity contribution is 6.30. The lowest BCUT2D eigenvalue weighted by Crippen LogP contribution is -2.36. The zero-order valence-corrected chi connectivity index (χ0v) is 15.2. The number of hydrogen-bond donors (Lipinski definition) is 1. The summed E-state index contributed by atoms with van der Waals surface area (Å²) in [4.78, 5) is 2.46. The van der Waals surface area contributed by atoms with Crippen molar-refractivity contribution in [3.63, 3.8) is 0 Å². The summed E-state index contributed by atoms with van der Waals surface area (Å²) in [6, 6.07) is 6.25. The molecule has 0 aromatic heterocycles. The molecule has 0 aliphatic heterocycles. The molecule has 0 spiro atoms. The highest BCUT2D eigenvalue weighted by atomic mass is 35.5. The Morgan fingerprint density at radius 2 is 1.90 bits per heavy atom. The summed E-state index contributed by atoms with van der Waals surface area (Å²) in [7, 11) is 0. The highest BCUT2D eigenvalue weighted by Crippen LogP contribution is 2.26. The first-order valence-electron chi connectivity index (χ1n) is 8.05. The summed E-state index contributed by atoms with van der Waals surface area (Å²) >= 11 is 6.20. The van der Waals surface area contributed by atoms with Gasteiger partial charge in [-0.25, -0.2) is 0 Å². The maximum Gasteiger partial charge on any atom is 0.0412 e. The van der Waals surface area contributed by atoms with Gasteiger partial charge < -0.3 is 10.2 Å². The minimum absolute atomic E-state index is 0.105. The molecule has 0 amide bonds. The fourth-order valence-electron chi connectivity index (χ4n) is 2.27. The molecule has 0 bridgehead atoms. The lowest BCUT2D eigenvalue weighted by Gasteiger charge is -2.30. The van der Waals surface area contributed by atoms with E-state index in [4.69, 9.17) is 11.6 Å². The lowest BCUT2D eigenvalue weighted by molar-refractivity contribution is 0.424. The topological polar surface area (TPSA) is 15.3 Å². The molecule has 0 heterocycles. The Morgan fingerprint density at radius 1 is 1.24 bits per heavy atom. The van der Waals surface area contributed by atoms with Crippen molar-refractivity contribution < 1.29 is 0 Å². The van der Waals surface area contributed by atoms with Gasteiger partial charge in [-0.05, 0) is 57.4 Å². The third kappa shape index (κ3) is 6.27. The Balaban J connectivity index is 2.98. The Kier molecular flexibility index (Phi) is 7.02. The predicted octanol–water partition coefficient (Wildman–Crippen LogP) is 5.10. The van der Waals surface area contributed by atoms with Gasteiger partial charge >= 0.3 is 0 Å². The zero-order chi connectivity index (χ0) is 16.0. The molecule has 0 saturated heterocycles. The molecule has 2 nitrogen and oxygen atoms in total. The fourth-order valence-corrected chi connectivity index (χ4v) is 2.46. The molecule has 0 fully saturated rings. The highest BCUT2D eigenvalue weighted by Gasteiger charge is 2.15. The van der Waals surface area contributed by atoms with Crippen molar-refractivity contribution in [2.24, 2.45) is 5.92 Å². The smallest absolute Gasteiger partial charge is 0.0412 e. The number of rotatable bonds is 7. The summed E-state index contributed by atoms with van der Waals surface area (Å²) < 4.78 is 0. The Bertz CT molecular complexity index is 437. The molecule has 1 aromatic rings. The van der Waals surface area contributed by atoms with Gasteiger partial charge in [0, 0.05) is 35.9 Å². The Morgan fingerprint density at radius 3 is 2.43 bits per heavy atom. The largest absolute Gasteiger partial charge is 0.371 e. The number of benzene rings is 1. The van der Waals surface area contributed by atoms with Crippen LogP contribution in [0.2, 0.25) is 5.02 Å². The number of nitrogens with one attached hydrogen (secondary N) is 1. The van der Waals surface area contributed by atoms with E-state index in [9.17, 15) is 0 Å². The summed E-state index contributed by atoms with van der Waals surface area (Å²) in [5.74, 6) is 0.698. The van der Waals surface area contributed by atoms with Crippen LogP contribution in [0.4, 0.5) is 5.69 Å². The molecular formula is C18H31ClN2. The van der Waals surface area contributed by atoms with E-state index in [2.05, 4.69) is 63.9 Å². The number of anilines is 1. The maximum atomic E-state index is 6.20. The quantitative estimate of drug-likeness (QED) is 0.753. The van der Waals surface area contributed by atoms with Gasteiger partial charge in [0.2, 0.25) is 0 Å². The third-order valence-corrected chi connectivity index (χ3v) is 4.04. The molecule has 21 heavy (non-hydrogen) atoms. The normalized spacial score (nSPS) is 13.3. The molecule has 120 valence electrons. The van der Waals surface area contributed by atoms with Gasteiger partial charge in [0.05, 0.1) is 0 Å². The van der Waals surface area contributed by atoms with Crippen molar-refractivity contribution in [1.82, 2.24) is 5.32 Å². The van der Waals surface area contributed by atoms with E-state index in [1.165, 1.54) is 17.7 Å². The van der Waals surface area contributed by atoms with Gasteiger partial charge in [0.15, 0.2) is 0 Å². The average Bonchev–Trinajstić information content (AvgIpc) is 2.42. The van der Waals surface area contributed by atoms with E-state index in [-0.39, 0.29) is 5.54 Å². The Labute approximate surface area is 135 Å². The average molecular weight is 311 g/mol. The van der Waals surface area contributed by atoms with Crippen molar-refractivity contribution in [2.45, 2.75) is 60.0 Å². The van der Waals surface area contributed by atoms with Crippen LogP contribution in [0.5, 0.6) is 0 Å². The van der Waals surface area contributed by atoms with Crippen LogP contribution in [-0.2, 0) is 6.54 Å². The van der Waals surface area contributed by atoms with Crippen LogP contribution in [0.15, 0.2) is 18.2 Å². The van der Waals surface area contributed by atoms with Crippen LogP contribution in [0, 0.1) is 5.92 Å². The van der Waals surface area contributed by atoms with Crippen LogP contribution in [0.3, 0.4) is 0 Å². The second-order valence-corrected chi connectivity index (χ2v) is 7.37. The third-order valence-electron chi connectivity index (χ3n) is 3.80. The maximum absolute atomic E-state index is 6.20. The van der Waals surface area contributed by atoms with E-state index in [1.807, 2.05) is 6.07 Å². The molecule has 1 aromatic carbocycles. The molecule has 1 unspecified atom stereocenters. The monoisotopic (exact) mass is 310 g/mol. The van der Waals surface area contributed by atoms with Crippen LogP contribution in [0.25, 0.3) is 0 Å². The summed E-state index contributed by atoms with van der Waals surface area (Å²) in [6.45, 7) is 16.3. The van der Waals surface area contributed by atoms with Crippen LogP contribution in [0.1, 0.15) is 53.5 Å². The summed E-state index contributed by atoms with van der Waals surface area (Å²) in [5, 5.41) is 4.38. The van der Waals surface area contributed by atoms with Crippen molar-refractivity contribution in [2.75, 3.05) is 18.0 Å². The van der Waals surface area contributed by atoms with Gasteiger partial charge in [-0.15, -0.1) is 0 Å². The summed E-state index contributed by atoms with van der Waals surface area (Å²) in [5.41, 5.74) is 2.69. The molecule has 3 heteroatoms. The molecule has 1 N–H and O–H groups in total. The van der Waals surface area contributed by atoms with Crippen LogP contribution >= 0.6 is 11.6 Å². The van der Waals surface area contributed by atoms with Crippen molar-refractivity contribution in [3.8, 4) is 0 Å².